The van der Waals surface area contributed by atoms with E-state index in [1.54, 1.807) is 28.9 Å². The van der Waals surface area contributed by atoms with E-state index >= 15 is 0 Å². The van der Waals surface area contributed by atoms with Crippen molar-refractivity contribution in [2.45, 2.75) is 13.2 Å². The number of carboxylic acid groups (broad SMARTS) is 1. The van der Waals surface area contributed by atoms with E-state index in [4.69, 9.17) is 27.9 Å². The van der Waals surface area contributed by atoms with Crippen molar-refractivity contribution >= 4 is 40.1 Å². The molecule has 0 N–H and O–H groups in total. The summed E-state index contributed by atoms with van der Waals surface area (Å²) in [4.78, 5) is 11.3. The summed E-state index contributed by atoms with van der Waals surface area (Å²) in [5, 5.41) is 17.4. The molecule has 0 unspecified atom stereocenters. The Morgan fingerprint density at radius 2 is 1.83 bits per heavy atom. The van der Waals surface area contributed by atoms with E-state index in [0.29, 0.717) is 39.8 Å². The van der Waals surface area contributed by atoms with Crippen molar-refractivity contribution < 1.29 is 44.2 Å². The third-order valence-electron chi connectivity index (χ3n) is 4.59. The molecule has 0 aliphatic heterocycles. The van der Waals surface area contributed by atoms with Crippen LogP contribution in [0.1, 0.15) is 21.5 Å². The van der Waals surface area contributed by atoms with E-state index in [1.165, 1.54) is 12.3 Å². The van der Waals surface area contributed by atoms with Gasteiger partial charge in [0.05, 0.1) is 24.2 Å². The molecule has 0 radical (unpaired) electrons. The van der Waals surface area contributed by atoms with Gasteiger partial charge in [-0.05, 0) is 30.3 Å². The first kappa shape index (κ1) is 22.7. The quantitative estimate of drug-likeness (QED) is 0.417. The number of benzene rings is 3. The zero-order chi connectivity index (χ0) is 20.4. The molecule has 5 nitrogen and oxygen atoms in total. The molecule has 0 atom stereocenters. The second-order valence-electron chi connectivity index (χ2n) is 6.46. The van der Waals surface area contributed by atoms with Gasteiger partial charge < -0.3 is 14.6 Å². The first-order valence-electron chi connectivity index (χ1n) is 8.83. The number of aromatic carboxylic acids is 1. The average molecular weight is 449 g/mol. The summed E-state index contributed by atoms with van der Waals surface area (Å²) in [7, 11) is 0. The van der Waals surface area contributed by atoms with Gasteiger partial charge in [0.25, 0.3) is 0 Å². The number of hydrogen-bond acceptors (Lipinski definition) is 4. The van der Waals surface area contributed by atoms with E-state index in [0.717, 1.165) is 11.1 Å². The number of carbonyl (C=O) groups is 1. The second kappa shape index (κ2) is 9.86. The number of carbonyl (C=O) groups excluding carboxylic acids is 1. The molecule has 1 aromatic heterocycles. The van der Waals surface area contributed by atoms with E-state index in [9.17, 15) is 9.90 Å². The molecule has 3 aromatic carbocycles. The molecule has 4 aromatic rings. The number of aromatic nitrogens is 2. The van der Waals surface area contributed by atoms with Crippen LogP contribution in [-0.2, 0) is 13.2 Å². The van der Waals surface area contributed by atoms with E-state index in [1.807, 2.05) is 30.3 Å². The van der Waals surface area contributed by atoms with Gasteiger partial charge in [0.1, 0.15) is 12.4 Å². The van der Waals surface area contributed by atoms with Crippen molar-refractivity contribution in [3.05, 3.63) is 93.6 Å². The molecule has 146 valence electrons. The van der Waals surface area contributed by atoms with Gasteiger partial charge in [-0.1, -0.05) is 53.5 Å². The van der Waals surface area contributed by atoms with Crippen molar-refractivity contribution in [3.8, 4) is 5.75 Å². The molecular weight excluding hydrogens is 434 g/mol. The maximum absolute atomic E-state index is 11.3. The molecule has 0 aliphatic rings. The average Bonchev–Trinajstić information content (AvgIpc) is 3.11. The minimum atomic E-state index is -1.23. The molecular formula is C22H15Cl2N2NaO3. The Kier molecular flexibility index (Phi) is 7.45. The zero-order valence-electron chi connectivity index (χ0n) is 16.1. The summed E-state index contributed by atoms with van der Waals surface area (Å²) in [5.74, 6) is -0.587. The van der Waals surface area contributed by atoms with Crippen molar-refractivity contribution in [2.24, 2.45) is 0 Å². The molecule has 30 heavy (non-hydrogen) atoms. The van der Waals surface area contributed by atoms with E-state index < -0.39 is 5.97 Å². The van der Waals surface area contributed by atoms with E-state index in [-0.39, 0.29) is 35.1 Å². The van der Waals surface area contributed by atoms with Crippen molar-refractivity contribution in [1.82, 2.24) is 9.78 Å². The first-order chi connectivity index (χ1) is 14.0. The van der Waals surface area contributed by atoms with Crippen LogP contribution >= 0.6 is 23.2 Å². The number of fused-ring (bicyclic) bond motifs is 1. The van der Waals surface area contributed by atoms with Crippen molar-refractivity contribution in [3.63, 3.8) is 0 Å². The van der Waals surface area contributed by atoms with Gasteiger partial charge in [-0.25, -0.2) is 0 Å². The van der Waals surface area contributed by atoms with Crippen LogP contribution in [0.3, 0.4) is 0 Å². The number of carboxylic acids is 1. The fourth-order valence-corrected chi connectivity index (χ4v) is 3.54. The molecule has 0 aliphatic carbocycles. The van der Waals surface area contributed by atoms with E-state index in [2.05, 4.69) is 5.10 Å². The number of nitrogens with zero attached hydrogens (tertiary/aromatic N) is 2. The number of ether oxygens (including phenoxy) is 1. The molecule has 0 spiro atoms. The normalized spacial score (nSPS) is 10.6. The van der Waals surface area contributed by atoms with Gasteiger partial charge in [0.2, 0.25) is 0 Å². The minimum absolute atomic E-state index is 0. The summed E-state index contributed by atoms with van der Waals surface area (Å²) >= 11 is 12.4. The molecule has 4 rings (SSSR count). The Labute approximate surface area is 205 Å². The number of halogens is 2. The largest absolute Gasteiger partial charge is 1.00 e. The zero-order valence-corrected chi connectivity index (χ0v) is 19.7. The third kappa shape index (κ3) is 4.82. The fraction of sp³-hybridized carbons (Fsp3) is 0.0909. The van der Waals surface area contributed by atoms with Crippen LogP contribution in [0.5, 0.6) is 5.75 Å². The minimum Gasteiger partial charge on any atom is -0.545 e. The Balaban J connectivity index is 0.00000256. The van der Waals surface area contributed by atoms with Crippen LogP contribution < -0.4 is 39.4 Å². The number of hydrogen-bond donors (Lipinski definition) is 0. The van der Waals surface area contributed by atoms with Crippen LogP contribution in [0, 0.1) is 0 Å². The fourth-order valence-electron chi connectivity index (χ4n) is 3.15. The summed E-state index contributed by atoms with van der Waals surface area (Å²) in [6, 6.07) is 17.8. The molecule has 8 heteroatoms. The van der Waals surface area contributed by atoms with Gasteiger partial charge in [0, 0.05) is 32.1 Å². The summed E-state index contributed by atoms with van der Waals surface area (Å²) in [5.41, 5.74) is 2.48. The predicted molar refractivity (Wildman–Crippen MR) is 110 cm³/mol. The van der Waals surface area contributed by atoms with Crippen molar-refractivity contribution in [1.29, 1.82) is 0 Å². The number of rotatable bonds is 6. The SMILES string of the molecule is O=C([O-])c1cccc2c1cnn2Cc1cc(Cl)ccc1OCc1ccccc1Cl.[Na+]. The van der Waals surface area contributed by atoms with Gasteiger partial charge in [-0.2, -0.15) is 5.10 Å². The first-order valence-corrected chi connectivity index (χ1v) is 9.59. The van der Waals surface area contributed by atoms with Crippen LogP contribution in [0.2, 0.25) is 10.0 Å². The summed E-state index contributed by atoms with van der Waals surface area (Å²) in [6.07, 6.45) is 1.52. The molecule has 0 saturated heterocycles. The monoisotopic (exact) mass is 448 g/mol. The van der Waals surface area contributed by atoms with Gasteiger partial charge in [0.15, 0.2) is 0 Å². The maximum atomic E-state index is 11.3. The molecule has 0 saturated carbocycles. The van der Waals surface area contributed by atoms with Crippen molar-refractivity contribution in [2.75, 3.05) is 0 Å². The second-order valence-corrected chi connectivity index (χ2v) is 7.30. The smallest absolute Gasteiger partial charge is 0.545 e. The Morgan fingerprint density at radius 1 is 1.03 bits per heavy atom. The van der Waals surface area contributed by atoms with Gasteiger partial charge >= 0.3 is 29.6 Å². The predicted octanol–water partition coefficient (Wildman–Crippen LogP) is 1.34. The summed E-state index contributed by atoms with van der Waals surface area (Å²) in [6.45, 7) is 0.668. The molecule has 0 amide bonds. The Hall–Kier alpha value is -2.02. The topological polar surface area (TPSA) is 67.2 Å². The molecule has 0 bridgehead atoms. The van der Waals surface area contributed by atoms with Gasteiger partial charge in [-0.15, -0.1) is 0 Å². The van der Waals surface area contributed by atoms with Crippen LogP contribution in [0.4, 0.5) is 0 Å². The van der Waals surface area contributed by atoms with Gasteiger partial charge in [-0.3, -0.25) is 4.68 Å². The Bertz CT molecular complexity index is 1210. The molecule has 0 fully saturated rings. The maximum Gasteiger partial charge on any atom is 1.00 e. The third-order valence-corrected chi connectivity index (χ3v) is 5.19. The molecule has 1 heterocycles. The standard InChI is InChI=1S/C22H16Cl2N2O3.Na/c23-16-8-9-21(29-13-14-4-1-2-6-19(14)24)15(10-16)12-26-20-7-3-5-17(22(27)28)18(20)11-25-26;/h1-11H,12-13H2,(H,27,28);/q;+1/p-1. The van der Waals surface area contributed by atoms with Crippen LogP contribution in [-0.4, -0.2) is 15.7 Å². The van der Waals surface area contributed by atoms with Crippen LogP contribution in [0.15, 0.2) is 66.9 Å². The Morgan fingerprint density at radius 3 is 2.60 bits per heavy atom. The summed E-state index contributed by atoms with van der Waals surface area (Å²) < 4.78 is 7.70. The van der Waals surface area contributed by atoms with Crippen LogP contribution in [0.25, 0.3) is 10.9 Å².